The van der Waals surface area contributed by atoms with Gasteiger partial charge in [-0.1, -0.05) is 6.92 Å². The summed E-state index contributed by atoms with van der Waals surface area (Å²) in [4.78, 5) is 20.6. The molecule has 3 unspecified atom stereocenters. The lowest BCUT2D eigenvalue weighted by molar-refractivity contribution is -0.141. The molecule has 1 aliphatic heterocycles. The Labute approximate surface area is 171 Å². The van der Waals surface area contributed by atoms with Gasteiger partial charge in [0.25, 0.3) is 11.8 Å². The second kappa shape index (κ2) is 8.72. The molecule has 2 fully saturated rings. The standard InChI is InChI=1S/C20H26F5N3O2/c1-12-5-6-14(29)9-13(12)3-2-4-16-26-10-15(17(27-16)20(23,24)25)18(30)28-8-7-19(21,22)11-28/h10,12-14,29H,2-9,11H2,1H3. The van der Waals surface area contributed by atoms with E-state index in [-0.39, 0.29) is 24.9 Å². The fraction of sp³-hybridized carbons (Fsp3) is 0.750. The molecule has 1 aromatic rings. The first-order chi connectivity index (χ1) is 14.0. The first-order valence-electron chi connectivity index (χ1n) is 10.2. The molecule has 30 heavy (non-hydrogen) atoms. The number of hydrogen-bond donors (Lipinski definition) is 1. The minimum atomic E-state index is -4.90. The monoisotopic (exact) mass is 435 g/mol. The van der Waals surface area contributed by atoms with Gasteiger partial charge in [0.1, 0.15) is 5.82 Å². The van der Waals surface area contributed by atoms with E-state index in [4.69, 9.17) is 0 Å². The van der Waals surface area contributed by atoms with Crippen molar-refractivity contribution in [3.8, 4) is 0 Å². The third-order valence-electron chi connectivity index (χ3n) is 6.10. The van der Waals surface area contributed by atoms with Gasteiger partial charge in [-0.05, 0) is 43.9 Å². The molecule has 0 spiro atoms. The number of aliphatic hydroxyl groups excluding tert-OH is 1. The summed E-state index contributed by atoms with van der Waals surface area (Å²) < 4.78 is 67.2. The number of halogens is 5. The van der Waals surface area contributed by atoms with Crippen LogP contribution in [0.2, 0.25) is 0 Å². The van der Waals surface area contributed by atoms with E-state index in [0.717, 1.165) is 25.5 Å². The van der Waals surface area contributed by atoms with Crippen molar-refractivity contribution in [1.29, 1.82) is 0 Å². The van der Waals surface area contributed by atoms with Crippen molar-refractivity contribution in [3.05, 3.63) is 23.3 Å². The molecule has 1 saturated heterocycles. The number of carbonyl (C=O) groups excluding carboxylic acids is 1. The van der Waals surface area contributed by atoms with Crippen LogP contribution in [0.15, 0.2) is 6.20 Å². The number of aromatic nitrogens is 2. The van der Waals surface area contributed by atoms with Gasteiger partial charge >= 0.3 is 6.18 Å². The fourth-order valence-electron chi connectivity index (χ4n) is 4.31. The number of nitrogens with zero attached hydrogens (tertiary/aromatic N) is 3. The summed E-state index contributed by atoms with van der Waals surface area (Å²) in [7, 11) is 0. The molecule has 5 nitrogen and oxygen atoms in total. The lowest BCUT2D eigenvalue weighted by atomic mass is 9.76. The van der Waals surface area contributed by atoms with E-state index in [9.17, 15) is 31.9 Å². The maximum absolute atomic E-state index is 13.5. The second-order valence-electron chi connectivity index (χ2n) is 8.48. The number of amides is 1. The van der Waals surface area contributed by atoms with Gasteiger partial charge in [0.15, 0.2) is 5.69 Å². The van der Waals surface area contributed by atoms with Crippen LogP contribution in [-0.4, -0.2) is 51.0 Å². The van der Waals surface area contributed by atoms with Gasteiger partial charge in [-0.15, -0.1) is 0 Å². The Morgan fingerprint density at radius 2 is 2.07 bits per heavy atom. The van der Waals surface area contributed by atoms with Crippen LogP contribution < -0.4 is 0 Å². The van der Waals surface area contributed by atoms with Crippen LogP contribution in [0.3, 0.4) is 0 Å². The molecule has 10 heteroatoms. The molecular formula is C20H26F5N3O2. The Morgan fingerprint density at radius 3 is 2.70 bits per heavy atom. The number of carbonyl (C=O) groups is 1. The Kier molecular flexibility index (Phi) is 6.64. The average Bonchev–Trinajstić information content (AvgIpc) is 3.03. The van der Waals surface area contributed by atoms with E-state index in [2.05, 4.69) is 16.9 Å². The van der Waals surface area contributed by atoms with E-state index in [0.29, 0.717) is 29.6 Å². The topological polar surface area (TPSA) is 66.3 Å². The summed E-state index contributed by atoms with van der Waals surface area (Å²) in [6.07, 6.45) is -1.11. The number of hydrogen-bond acceptors (Lipinski definition) is 4. The third kappa shape index (κ3) is 5.44. The third-order valence-corrected chi connectivity index (χ3v) is 6.10. The van der Waals surface area contributed by atoms with Crippen molar-refractivity contribution >= 4 is 5.91 Å². The molecule has 2 aliphatic rings. The van der Waals surface area contributed by atoms with E-state index in [1.54, 1.807) is 0 Å². The Morgan fingerprint density at radius 1 is 1.33 bits per heavy atom. The molecule has 2 heterocycles. The second-order valence-corrected chi connectivity index (χ2v) is 8.48. The van der Waals surface area contributed by atoms with Gasteiger partial charge in [-0.2, -0.15) is 13.2 Å². The lowest BCUT2D eigenvalue weighted by Crippen LogP contribution is -2.33. The summed E-state index contributed by atoms with van der Waals surface area (Å²) in [6, 6.07) is 0. The molecule has 1 amide bonds. The summed E-state index contributed by atoms with van der Waals surface area (Å²) in [5.74, 6) is -3.52. The smallest absolute Gasteiger partial charge is 0.393 e. The predicted octanol–water partition coefficient (Wildman–Crippen LogP) is 4.10. The highest BCUT2D eigenvalue weighted by molar-refractivity contribution is 5.95. The highest BCUT2D eigenvalue weighted by Gasteiger charge is 2.44. The van der Waals surface area contributed by atoms with Crippen molar-refractivity contribution in [3.63, 3.8) is 0 Å². The van der Waals surface area contributed by atoms with Crippen LogP contribution in [0, 0.1) is 11.8 Å². The molecule has 168 valence electrons. The SMILES string of the molecule is CC1CCC(O)CC1CCCc1ncc(C(=O)N2CCC(F)(F)C2)c(C(F)(F)F)n1. The molecular weight excluding hydrogens is 409 g/mol. The Bertz CT molecular complexity index is 771. The van der Waals surface area contributed by atoms with Gasteiger partial charge in [-0.3, -0.25) is 4.79 Å². The number of likely N-dealkylation sites (tertiary alicyclic amines) is 1. The van der Waals surface area contributed by atoms with Crippen LogP contribution in [0.1, 0.15) is 67.3 Å². The zero-order valence-corrected chi connectivity index (χ0v) is 16.8. The lowest BCUT2D eigenvalue weighted by Gasteiger charge is -2.31. The number of alkyl halides is 5. The summed E-state index contributed by atoms with van der Waals surface area (Å²) >= 11 is 0. The van der Waals surface area contributed by atoms with E-state index < -0.39 is 42.2 Å². The first kappa shape index (κ1) is 22.8. The van der Waals surface area contributed by atoms with Crippen molar-refractivity contribution < 1.29 is 31.9 Å². The summed E-state index contributed by atoms with van der Waals surface area (Å²) in [5, 5.41) is 9.81. The summed E-state index contributed by atoms with van der Waals surface area (Å²) in [6.45, 7) is 0.893. The quantitative estimate of drug-likeness (QED) is 0.708. The number of aliphatic hydroxyl groups is 1. The first-order valence-corrected chi connectivity index (χ1v) is 10.2. The van der Waals surface area contributed by atoms with Gasteiger partial charge in [0, 0.05) is 25.6 Å². The van der Waals surface area contributed by atoms with Crippen molar-refractivity contribution in [1.82, 2.24) is 14.9 Å². The zero-order chi connectivity index (χ0) is 22.1. The van der Waals surface area contributed by atoms with Crippen LogP contribution in [0.4, 0.5) is 22.0 Å². The van der Waals surface area contributed by atoms with Crippen molar-refractivity contribution in [2.24, 2.45) is 11.8 Å². The molecule has 0 bridgehead atoms. The minimum absolute atomic E-state index is 0.0327. The predicted molar refractivity (Wildman–Crippen MR) is 98.0 cm³/mol. The van der Waals surface area contributed by atoms with Gasteiger partial charge in [0.05, 0.1) is 18.2 Å². The van der Waals surface area contributed by atoms with E-state index >= 15 is 0 Å². The number of aryl methyl sites for hydroxylation is 1. The molecule has 1 saturated carbocycles. The molecule has 3 atom stereocenters. The highest BCUT2D eigenvalue weighted by atomic mass is 19.4. The van der Waals surface area contributed by atoms with Crippen LogP contribution in [-0.2, 0) is 12.6 Å². The van der Waals surface area contributed by atoms with E-state index in [1.165, 1.54) is 0 Å². The molecule has 0 radical (unpaired) electrons. The number of rotatable bonds is 5. The van der Waals surface area contributed by atoms with Crippen molar-refractivity contribution in [2.45, 2.75) is 70.1 Å². The largest absolute Gasteiger partial charge is 0.434 e. The molecule has 1 aliphatic carbocycles. The molecule has 3 rings (SSSR count). The molecule has 0 aromatic carbocycles. The Hall–Kier alpha value is -1.84. The van der Waals surface area contributed by atoms with Gasteiger partial charge in [0.2, 0.25) is 0 Å². The molecule has 1 N–H and O–H groups in total. The van der Waals surface area contributed by atoms with Gasteiger partial charge < -0.3 is 10.0 Å². The van der Waals surface area contributed by atoms with Crippen LogP contribution >= 0.6 is 0 Å². The maximum Gasteiger partial charge on any atom is 0.434 e. The average molecular weight is 435 g/mol. The maximum atomic E-state index is 13.5. The van der Waals surface area contributed by atoms with Crippen LogP contribution in [0.25, 0.3) is 0 Å². The van der Waals surface area contributed by atoms with E-state index in [1.807, 2.05) is 0 Å². The highest BCUT2D eigenvalue weighted by Crippen LogP contribution is 2.35. The van der Waals surface area contributed by atoms with Crippen molar-refractivity contribution in [2.75, 3.05) is 13.1 Å². The normalized spacial score (nSPS) is 26.8. The summed E-state index contributed by atoms with van der Waals surface area (Å²) in [5.41, 5.74) is -2.18. The zero-order valence-electron chi connectivity index (χ0n) is 16.8. The fourth-order valence-corrected chi connectivity index (χ4v) is 4.31. The van der Waals surface area contributed by atoms with Gasteiger partial charge in [-0.25, -0.2) is 18.7 Å². The minimum Gasteiger partial charge on any atom is -0.393 e. The van der Waals surface area contributed by atoms with Crippen LogP contribution in [0.5, 0.6) is 0 Å². The molecule has 1 aromatic heterocycles. The Balaban J connectivity index is 1.69.